The Balaban J connectivity index is 1.80. The first-order chi connectivity index (χ1) is 12.8. The molecule has 0 aliphatic carbocycles. The van der Waals surface area contributed by atoms with Crippen LogP contribution in [0.3, 0.4) is 0 Å². The third kappa shape index (κ3) is 3.96. The van der Waals surface area contributed by atoms with Crippen molar-refractivity contribution in [3.63, 3.8) is 0 Å². The number of aromatic nitrogens is 1. The molecule has 0 radical (unpaired) electrons. The second kappa shape index (κ2) is 7.42. The van der Waals surface area contributed by atoms with Crippen molar-refractivity contribution < 1.29 is 14.1 Å². The number of hydrogen-bond donors (Lipinski definition) is 0. The summed E-state index contributed by atoms with van der Waals surface area (Å²) in [6.45, 7) is 0.00714. The van der Waals surface area contributed by atoms with Crippen LogP contribution in [0, 0.1) is 10.1 Å². The van der Waals surface area contributed by atoms with Crippen LogP contribution in [0.15, 0.2) is 45.6 Å². The van der Waals surface area contributed by atoms with Gasteiger partial charge in [0.05, 0.1) is 26.6 Å². The molecule has 0 unspecified atom stereocenters. The number of rotatable bonds is 5. The number of oxazole rings is 1. The van der Waals surface area contributed by atoms with Crippen LogP contribution < -0.4 is 5.76 Å². The standard InChI is InChI=1S/C17H13Cl2N3O5/c1-20(8-10-2-4-12(18)13(19)6-10)16(23)9-21-14-5-3-11(22(25)26)7-15(14)27-17(21)24/h2-7H,8-9H2,1H3. The predicted molar refractivity (Wildman–Crippen MR) is 100 cm³/mol. The molecule has 27 heavy (non-hydrogen) atoms. The number of fused-ring (bicyclic) bond motifs is 1. The molecule has 0 saturated heterocycles. The average molecular weight is 410 g/mol. The van der Waals surface area contributed by atoms with Gasteiger partial charge in [0, 0.05) is 19.7 Å². The molecule has 3 aromatic rings. The van der Waals surface area contributed by atoms with Gasteiger partial charge in [-0.1, -0.05) is 29.3 Å². The summed E-state index contributed by atoms with van der Waals surface area (Å²) in [6, 6.07) is 8.82. The molecule has 0 spiro atoms. The normalized spacial score (nSPS) is 10.9. The van der Waals surface area contributed by atoms with Gasteiger partial charge in [0.1, 0.15) is 6.54 Å². The Labute approximate surface area is 162 Å². The molecule has 3 rings (SSSR count). The number of nitro benzene ring substituents is 1. The zero-order chi connectivity index (χ0) is 19.7. The molecule has 0 aliphatic rings. The van der Waals surface area contributed by atoms with E-state index in [4.69, 9.17) is 27.6 Å². The molecular formula is C17H13Cl2N3O5. The lowest BCUT2D eigenvalue weighted by molar-refractivity contribution is -0.384. The SMILES string of the molecule is CN(Cc1ccc(Cl)c(Cl)c1)C(=O)Cn1c(=O)oc2cc([N+](=O)[O-])ccc21. The summed E-state index contributed by atoms with van der Waals surface area (Å²) in [5.74, 6) is -1.11. The fourth-order valence-corrected chi connectivity index (χ4v) is 2.90. The van der Waals surface area contributed by atoms with Crippen molar-refractivity contribution in [2.75, 3.05) is 7.05 Å². The topological polar surface area (TPSA) is 98.6 Å². The summed E-state index contributed by atoms with van der Waals surface area (Å²) in [6.07, 6.45) is 0. The van der Waals surface area contributed by atoms with Gasteiger partial charge in [0.25, 0.3) is 5.69 Å². The van der Waals surface area contributed by atoms with E-state index in [0.29, 0.717) is 15.6 Å². The van der Waals surface area contributed by atoms with E-state index >= 15 is 0 Å². The Morgan fingerprint density at radius 1 is 1.22 bits per heavy atom. The number of non-ortho nitro benzene ring substituents is 1. The van der Waals surface area contributed by atoms with Crippen LogP contribution in [0.1, 0.15) is 5.56 Å². The van der Waals surface area contributed by atoms with Crippen molar-refractivity contribution in [2.24, 2.45) is 0 Å². The van der Waals surface area contributed by atoms with Crippen LogP contribution in [0.5, 0.6) is 0 Å². The van der Waals surface area contributed by atoms with Crippen molar-refractivity contribution in [3.8, 4) is 0 Å². The Hall–Kier alpha value is -2.84. The molecule has 10 heteroatoms. The first-order valence-corrected chi connectivity index (χ1v) is 8.47. The van der Waals surface area contributed by atoms with Gasteiger partial charge < -0.3 is 9.32 Å². The van der Waals surface area contributed by atoms with Crippen molar-refractivity contribution in [1.82, 2.24) is 9.47 Å². The minimum absolute atomic E-state index is 0.0501. The van der Waals surface area contributed by atoms with E-state index < -0.39 is 10.7 Å². The number of nitro groups is 1. The molecule has 0 fully saturated rings. The highest BCUT2D eigenvalue weighted by Gasteiger charge is 2.18. The number of amides is 1. The molecule has 140 valence electrons. The van der Waals surface area contributed by atoms with Gasteiger partial charge in [-0.15, -0.1) is 0 Å². The summed E-state index contributed by atoms with van der Waals surface area (Å²) in [5.41, 5.74) is 0.933. The van der Waals surface area contributed by atoms with Crippen LogP contribution in [-0.4, -0.2) is 27.3 Å². The fourth-order valence-electron chi connectivity index (χ4n) is 2.57. The number of nitrogens with zero attached hydrogens (tertiary/aromatic N) is 3. The molecule has 1 amide bonds. The largest absolute Gasteiger partial charge is 0.420 e. The number of hydrogen-bond acceptors (Lipinski definition) is 5. The van der Waals surface area contributed by atoms with Crippen LogP contribution in [0.4, 0.5) is 5.69 Å². The van der Waals surface area contributed by atoms with Crippen molar-refractivity contribution in [2.45, 2.75) is 13.1 Å². The lowest BCUT2D eigenvalue weighted by atomic mass is 10.2. The Morgan fingerprint density at radius 3 is 2.63 bits per heavy atom. The summed E-state index contributed by atoms with van der Waals surface area (Å²) in [7, 11) is 1.59. The maximum Gasteiger partial charge on any atom is 0.420 e. The predicted octanol–water partition coefficient (Wildman–Crippen LogP) is 3.47. The quantitative estimate of drug-likeness (QED) is 0.474. The minimum atomic E-state index is -0.762. The first kappa shape index (κ1) is 18.9. The maximum absolute atomic E-state index is 12.5. The molecule has 0 saturated carbocycles. The monoisotopic (exact) mass is 409 g/mol. The lowest BCUT2D eigenvalue weighted by Crippen LogP contribution is -2.32. The second-order valence-corrected chi connectivity index (χ2v) is 6.68. The van der Waals surface area contributed by atoms with Crippen LogP contribution >= 0.6 is 23.2 Å². The van der Waals surface area contributed by atoms with Crippen LogP contribution in [0.2, 0.25) is 10.0 Å². The van der Waals surface area contributed by atoms with E-state index in [-0.39, 0.29) is 30.3 Å². The molecule has 0 aliphatic heterocycles. The molecule has 0 atom stereocenters. The molecule has 1 heterocycles. The van der Waals surface area contributed by atoms with Gasteiger partial charge in [-0.05, 0) is 23.8 Å². The molecule has 0 bridgehead atoms. The van der Waals surface area contributed by atoms with E-state index in [1.807, 2.05) is 0 Å². The van der Waals surface area contributed by atoms with Crippen molar-refractivity contribution >= 4 is 45.9 Å². The second-order valence-electron chi connectivity index (χ2n) is 5.86. The zero-order valence-electron chi connectivity index (χ0n) is 14.0. The molecule has 2 aromatic carbocycles. The zero-order valence-corrected chi connectivity index (χ0v) is 15.5. The third-order valence-electron chi connectivity index (χ3n) is 3.99. The van der Waals surface area contributed by atoms with Gasteiger partial charge >= 0.3 is 5.76 Å². The molecule has 8 nitrogen and oxygen atoms in total. The first-order valence-electron chi connectivity index (χ1n) is 7.72. The molecule has 1 aromatic heterocycles. The van der Waals surface area contributed by atoms with E-state index in [0.717, 1.165) is 16.2 Å². The lowest BCUT2D eigenvalue weighted by Gasteiger charge is -2.17. The number of carbonyl (C=O) groups is 1. The maximum atomic E-state index is 12.5. The summed E-state index contributed by atoms with van der Waals surface area (Å²) in [5, 5.41) is 11.6. The number of carbonyl (C=O) groups excluding carboxylic acids is 1. The van der Waals surface area contributed by atoms with E-state index in [2.05, 4.69) is 0 Å². The smallest absolute Gasteiger partial charge is 0.407 e. The summed E-state index contributed by atoms with van der Waals surface area (Å²) in [4.78, 5) is 36.2. The van der Waals surface area contributed by atoms with Crippen molar-refractivity contribution in [1.29, 1.82) is 0 Å². The van der Waals surface area contributed by atoms with E-state index in [1.165, 1.54) is 17.0 Å². The average Bonchev–Trinajstić information content (AvgIpc) is 2.92. The van der Waals surface area contributed by atoms with E-state index in [9.17, 15) is 19.7 Å². The summed E-state index contributed by atoms with van der Waals surface area (Å²) >= 11 is 11.8. The fraction of sp³-hybridized carbons (Fsp3) is 0.176. The Morgan fingerprint density at radius 2 is 1.96 bits per heavy atom. The van der Waals surface area contributed by atoms with Gasteiger partial charge in [-0.25, -0.2) is 4.79 Å². The van der Waals surface area contributed by atoms with Crippen LogP contribution in [-0.2, 0) is 17.9 Å². The van der Waals surface area contributed by atoms with Gasteiger partial charge in [-0.3, -0.25) is 19.5 Å². The highest BCUT2D eigenvalue weighted by Crippen LogP contribution is 2.23. The van der Waals surface area contributed by atoms with Gasteiger partial charge in [-0.2, -0.15) is 0 Å². The number of benzene rings is 2. The number of likely N-dealkylation sites (N-methyl/N-ethyl adjacent to an activating group) is 1. The van der Waals surface area contributed by atoms with E-state index in [1.54, 1.807) is 25.2 Å². The Bertz CT molecular complexity index is 1110. The van der Waals surface area contributed by atoms with Gasteiger partial charge in [0.15, 0.2) is 5.58 Å². The number of halogens is 2. The molecular weight excluding hydrogens is 397 g/mol. The molecule has 0 N–H and O–H groups in total. The third-order valence-corrected chi connectivity index (χ3v) is 4.72. The Kier molecular flexibility index (Phi) is 5.20. The summed E-state index contributed by atoms with van der Waals surface area (Å²) < 4.78 is 6.15. The van der Waals surface area contributed by atoms with Gasteiger partial charge in [0.2, 0.25) is 5.91 Å². The highest BCUT2D eigenvalue weighted by molar-refractivity contribution is 6.42. The minimum Gasteiger partial charge on any atom is -0.407 e. The van der Waals surface area contributed by atoms with Crippen molar-refractivity contribution in [3.05, 3.63) is 72.7 Å². The van der Waals surface area contributed by atoms with Crippen LogP contribution in [0.25, 0.3) is 11.1 Å². The highest BCUT2D eigenvalue weighted by atomic mass is 35.5.